The molecule has 1 heterocycles. The van der Waals surface area contributed by atoms with Gasteiger partial charge in [-0.15, -0.1) is 0 Å². The van der Waals surface area contributed by atoms with Crippen LogP contribution < -0.4 is 10.6 Å². The molecule has 0 saturated carbocycles. The highest BCUT2D eigenvalue weighted by Crippen LogP contribution is 2.15. The number of benzene rings is 2. The Hall–Kier alpha value is -2.88. The SMILES string of the molecule is CN=C(NCCc1cc(C)cc(C)c1)NCc1cccc2cccnc12. The predicted octanol–water partition coefficient (Wildman–Crippen LogP) is 3.76. The first kappa shape index (κ1) is 17.9. The van der Waals surface area contributed by atoms with Crippen LogP contribution in [0.2, 0.25) is 0 Å². The predicted molar refractivity (Wildman–Crippen MR) is 110 cm³/mol. The molecule has 4 nitrogen and oxygen atoms in total. The summed E-state index contributed by atoms with van der Waals surface area (Å²) in [4.78, 5) is 8.83. The van der Waals surface area contributed by atoms with E-state index in [0.29, 0.717) is 6.54 Å². The minimum absolute atomic E-state index is 0.692. The number of para-hydroxylation sites is 1. The first-order valence-electron chi connectivity index (χ1n) is 9.00. The molecule has 134 valence electrons. The molecule has 0 atom stereocenters. The number of aryl methyl sites for hydroxylation is 2. The maximum Gasteiger partial charge on any atom is 0.191 e. The molecule has 0 bridgehead atoms. The Kier molecular flexibility index (Phi) is 5.84. The molecule has 0 radical (unpaired) electrons. The molecule has 0 aliphatic carbocycles. The van der Waals surface area contributed by atoms with Gasteiger partial charge >= 0.3 is 0 Å². The molecule has 3 aromatic rings. The molecule has 0 amide bonds. The fraction of sp³-hybridized carbons (Fsp3) is 0.273. The van der Waals surface area contributed by atoms with Gasteiger partial charge in [-0.3, -0.25) is 9.98 Å². The van der Waals surface area contributed by atoms with Crippen LogP contribution in [0.25, 0.3) is 10.9 Å². The average molecular weight is 346 g/mol. The lowest BCUT2D eigenvalue weighted by atomic mass is 10.1. The number of aromatic nitrogens is 1. The van der Waals surface area contributed by atoms with Gasteiger partial charge in [0.05, 0.1) is 5.52 Å². The van der Waals surface area contributed by atoms with Crippen molar-refractivity contribution in [2.24, 2.45) is 4.99 Å². The largest absolute Gasteiger partial charge is 0.356 e. The Morgan fingerprint density at radius 2 is 1.77 bits per heavy atom. The highest BCUT2D eigenvalue weighted by Gasteiger charge is 2.04. The second kappa shape index (κ2) is 8.48. The number of rotatable bonds is 5. The standard InChI is InChI=1S/C22H26N4/c1-16-12-17(2)14-18(13-16)9-11-25-22(23-3)26-15-20-7-4-6-19-8-5-10-24-21(19)20/h4-8,10,12-14H,9,11,15H2,1-3H3,(H2,23,25,26). The van der Waals surface area contributed by atoms with Crippen molar-refractivity contribution in [3.63, 3.8) is 0 Å². The van der Waals surface area contributed by atoms with Gasteiger partial charge in [0.1, 0.15) is 0 Å². The maximum atomic E-state index is 4.50. The number of nitrogens with one attached hydrogen (secondary N) is 2. The summed E-state index contributed by atoms with van der Waals surface area (Å²) >= 11 is 0. The summed E-state index contributed by atoms with van der Waals surface area (Å²) in [7, 11) is 1.80. The fourth-order valence-electron chi connectivity index (χ4n) is 3.25. The topological polar surface area (TPSA) is 49.3 Å². The van der Waals surface area contributed by atoms with Crippen molar-refractivity contribution in [3.05, 3.63) is 77.0 Å². The van der Waals surface area contributed by atoms with Crippen LogP contribution in [-0.4, -0.2) is 24.5 Å². The van der Waals surface area contributed by atoms with E-state index >= 15 is 0 Å². The third kappa shape index (κ3) is 4.60. The normalized spacial score (nSPS) is 11.6. The first-order valence-corrected chi connectivity index (χ1v) is 9.00. The molecule has 3 rings (SSSR count). The van der Waals surface area contributed by atoms with Crippen molar-refractivity contribution >= 4 is 16.9 Å². The first-order chi connectivity index (χ1) is 12.7. The zero-order valence-corrected chi connectivity index (χ0v) is 15.7. The van der Waals surface area contributed by atoms with E-state index in [1.807, 2.05) is 12.3 Å². The minimum atomic E-state index is 0.692. The van der Waals surface area contributed by atoms with Crippen LogP contribution in [0.15, 0.2) is 59.7 Å². The number of aliphatic imine (C=N–C) groups is 1. The van der Waals surface area contributed by atoms with Crippen LogP contribution in [0, 0.1) is 13.8 Å². The van der Waals surface area contributed by atoms with Crippen LogP contribution in [0.5, 0.6) is 0 Å². The third-order valence-electron chi connectivity index (χ3n) is 4.37. The quantitative estimate of drug-likeness (QED) is 0.546. The summed E-state index contributed by atoms with van der Waals surface area (Å²) < 4.78 is 0. The van der Waals surface area contributed by atoms with E-state index in [9.17, 15) is 0 Å². The van der Waals surface area contributed by atoms with Gasteiger partial charge in [0, 0.05) is 31.7 Å². The van der Waals surface area contributed by atoms with E-state index in [1.165, 1.54) is 22.3 Å². The van der Waals surface area contributed by atoms with Gasteiger partial charge in [-0.05, 0) is 37.5 Å². The van der Waals surface area contributed by atoms with Crippen molar-refractivity contribution in [1.29, 1.82) is 0 Å². The summed E-state index contributed by atoms with van der Waals surface area (Å²) in [5, 5.41) is 7.94. The van der Waals surface area contributed by atoms with Crippen LogP contribution in [-0.2, 0) is 13.0 Å². The van der Waals surface area contributed by atoms with Crippen LogP contribution >= 0.6 is 0 Å². The van der Waals surface area contributed by atoms with Crippen LogP contribution in [0.4, 0.5) is 0 Å². The molecular weight excluding hydrogens is 320 g/mol. The van der Waals surface area contributed by atoms with E-state index < -0.39 is 0 Å². The second-order valence-corrected chi connectivity index (χ2v) is 6.59. The van der Waals surface area contributed by atoms with E-state index in [4.69, 9.17) is 0 Å². The molecule has 4 heteroatoms. The molecule has 26 heavy (non-hydrogen) atoms. The highest BCUT2D eigenvalue weighted by atomic mass is 15.2. The van der Waals surface area contributed by atoms with Gasteiger partial charge in [0.25, 0.3) is 0 Å². The van der Waals surface area contributed by atoms with Crippen molar-refractivity contribution in [1.82, 2.24) is 15.6 Å². The lowest BCUT2D eigenvalue weighted by molar-refractivity contribution is 0.795. The summed E-state index contributed by atoms with van der Waals surface area (Å²) in [5.74, 6) is 0.808. The lowest BCUT2D eigenvalue weighted by Gasteiger charge is -2.13. The number of nitrogens with zero attached hydrogens (tertiary/aromatic N) is 2. The van der Waals surface area contributed by atoms with Gasteiger partial charge in [0.2, 0.25) is 0 Å². The van der Waals surface area contributed by atoms with Crippen molar-refractivity contribution in [3.8, 4) is 0 Å². The van der Waals surface area contributed by atoms with E-state index in [0.717, 1.165) is 29.8 Å². The highest BCUT2D eigenvalue weighted by molar-refractivity contribution is 5.83. The molecule has 0 unspecified atom stereocenters. The van der Waals surface area contributed by atoms with E-state index in [2.05, 4.69) is 76.9 Å². The van der Waals surface area contributed by atoms with Gasteiger partial charge in [-0.1, -0.05) is 53.6 Å². The molecular formula is C22H26N4. The molecule has 0 saturated heterocycles. The number of fused-ring (bicyclic) bond motifs is 1. The molecule has 0 fully saturated rings. The van der Waals surface area contributed by atoms with Crippen LogP contribution in [0.1, 0.15) is 22.3 Å². The number of pyridine rings is 1. The Balaban J connectivity index is 1.56. The Labute approximate surface area is 155 Å². The van der Waals surface area contributed by atoms with Gasteiger partial charge in [-0.25, -0.2) is 0 Å². The zero-order valence-electron chi connectivity index (χ0n) is 15.7. The molecule has 1 aromatic heterocycles. The number of hydrogen-bond acceptors (Lipinski definition) is 2. The summed E-state index contributed by atoms with van der Waals surface area (Å²) in [6, 6.07) is 17.0. The van der Waals surface area contributed by atoms with Crippen molar-refractivity contribution < 1.29 is 0 Å². The zero-order chi connectivity index (χ0) is 18.4. The minimum Gasteiger partial charge on any atom is -0.356 e. The Morgan fingerprint density at radius 3 is 2.54 bits per heavy atom. The van der Waals surface area contributed by atoms with Gasteiger partial charge in [-0.2, -0.15) is 0 Å². The molecule has 0 aliphatic heterocycles. The maximum absolute atomic E-state index is 4.50. The Morgan fingerprint density at radius 1 is 1.00 bits per heavy atom. The molecule has 2 N–H and O–H groups in total. The Bertz CT molecular complexity index is 889. The monoisotopic (exact) mass is 346 g/mol. The number of hydrogen-bond donors (Lipinski definition) is 2. The third-order valence-corrected chi connectivity index (χ3v) is 4.37. The molecule has 0 aliphatic rings. The van der Waals surface area contributed by atoms with Crippen LogP contribution in [0.3, 0.4) is 0 Å². The fourth-order valence-corrected chi connectivity index (χ4v) is 3.25. The summed E-state index contributed by atoms with van der Waals surface area (Å²) in [5.41, 5.74) is 6.18. The van der Waals surface area contributed by atoms with Gasteiger partial charge in [0.15, 0.2) is 5.96 Å². The molecule has 0 spiro atoms. The lowest BCUT2D eigenvalue weighted by Crippen LogP contribution is -2.37. The second-order valence-electron chi connectivity index (χ2n) is 6.59. The van der Waals surface area contributed by atoms with Crippen molar-refractivity contribution in [2.75, 3.05) is 13.6 Å². The average Bonchev–Trinajstić information content (AvgIpc) is 2.63. The van der Waals surface area contributed by atoms with E-state index in [-0.39, 0.29) is 0 Å². The van der Waals surface area contributed by atoms with Gasteiger partial charge < -0.3 is 10.6 Å². The summed E-state index contributed by atoms with van der Waals surface area (Å²) in [6.07, 6.45) is 2.81. The van der Waals surface area contributed by atoms with E-state index in [1.54, 1.807) is 7.05 Å². The van der Waals surface area contributed by atoms with Crippen molar-refractivity contribution in [2.45, 2.75) is 26.8 Å². The number of guanidine groups is 1. The molecule has 2 aromatic carbocycles. The smallest absolute Gasteiger partial charge is 0.191 e. The summed E-state index contributed by atoms with van der Waals surface area (Å²) in [6.45, 7) is 5.82.